The molecule has 0 saturated heterocycles. The quantitative estimate of drug-likeness (QED) is 0.481. The predicted octanol–water partition coefficient (Wildman–Crippen LogP) is -1.94. The van der Waals surface area contributed by atoms with Crippen LogP contribution in [0.15, 0.2) is 73.1 Å². The fourth-order valence-electron chi connectivity index (χ4n) is 1.99. The molecule has 0 N–H and O–H groups in total. The summed E-state index contributed by atoms with van der Waals surface area (Å²) in [6.45, 7) is 0. The van der Waals surface area contributed by atoms with Crippen LogP contribution >= 0.6 is 0 Å². The van der Waals surface area contributed by atoms with E-state index in [1.165, 1.54) is 0 Å². The molecule has 118 valence electrons. The lowest BCUT2D eigenvalue weighted by Gasteiger charge is -2.17. The Balaban J connectivity index is 0.000000338. The minimum absolute atomic E-state index is 0.0126. The second-order valence-electron chi connectivity index (χ2n) is 4.53. The lowest BCUT2D eigenvalue weighted by Crippen LogP contribution is -2.68. The Morgan fingerprint density at radius 3 is 1.91 bits per heavy atom. The van der Waals surface area contributed by atoms with Gasteiger partial charge in [0.1, 0.15) is 0 Å². The molecule has 0 aliphatic carbocycles. The number of hydrogen-bond donors (Lipinski definition) is 0. The van der Waals surface area contributed by atoms with Crippen LogP contribution in [0.5, 0.6) is 0 Å². The van der Waals surface area contributed by atoms with Crippen LogP contribution in [0.3, 0.4) is 0 Å². The molecule has 0 unspecified atom stereocenters. The lowest BCUT2D eigenvalue weighted by molar-refractivity contribution is -2.00. The van der Waals surface area contributed by atoms with Gasteiger partial charge in [-0.3, -0.25) is 0 Å². The Morgan fingerprint density at radius 1 is 0.783 bits per heavy atom. The number of nitrogens with zero attached hydrogens (tertiary/aromatic N) is 1. The number of pyridine rings is 1. The number of benzene rings is 2. The van der Waals surface area contributed by atoms with Crippen molar-refractivity contribution >= 4 is 16.7 Å². The Kier molecular flexibility index (Phi) is 5.38. The molecular formula is C16H12ClNO5. The van der Waals surface area contributed by atoms with Crippen molar-refractivity contribution in [3.05, 3.63) is 78.6 Å². The van der Waals surface area contributed by atoms with E-state index in [4.69, 9.17) is 18.6 Å². The van der Waals surface area contributed by atoms with Crippen molar-refractivity contribution < 1.29 is 38.2 Å². The number of carbonyl (C=O) groups is 1. The molecule has 0 spiro atoms. The van der Waals surface area contributed by atoms with Gasteiger partial charge >= 0.3 is 5.91 Å². The highest BCUT2D eigenvalue weighted by molar-refractivity contribution is 5.88. The average molecular weight is 334 g/mol. The minimum atomic E-state index is -4.94. The number of fused-ring (bicyclic) bond motifs is 1. The molecule has 2 aromatic carbocycles. The Bertz CT molecular complexity index is 796. The zero-order valence-electron chi connectivity index (χ0n) is 11.8. The molecule has 1 aromatic heterocycles. The smallest absolute Gasteiger partial charge is 0.222 e. The maximum Gasteiger partial charge on any atom is 0.424 e. The topological polar surface area (TPSA) is 113 Å². The molecule has 3 aromatic rings. The SMILES string of the molecule is O=C(c1ccccc1)[n+]1ccc2ccccc2c1.[O-][Cl+3]([O-])([O-])[O-]. The van der Waals surface area contributed by atoms with E-state index < -0.39 is 10.2 Å². The van der Waals surface area contributed by atoms with Crippen LogP contribution in [0.4, 0.5) is 0 Å². The fourth-order valence-corrected chi connectivity index (χ4v) is 1.99. The van der Waals surface area contributed by atoms with Crippen molar-refractivity contribution in [2.75, 3.05) is 0 Å². The highest BCUT2D eigenvalue weighted by atomic mass is 35.7. The Morgan fingerprint density at radius 2 is 1.30 bits per heavy atom. The van der Waals surface area contributed by atoms with Gasteiger partial charge in [0.05, 0.1) is 5.56 Å². The molecule has 3 rings (SSSR count). The summed E-state index contributed by atoms with van der Waals surface area (Å²) < 4.78 is 35.6. The third-order valence-corrected chi connectivity index (χ3v) is 2.94. The average Bonchev–Trinajstić information content (AvgIpc) is 2.53. The number of rotatable bonds is 1. The van der Waals surface area contributed by atoms with Crippen LogP contribution in [0.1, 0.15) is 10.4 Å². The lowest BCUT2D eigenvalue weighted by atomic mass is 10.1. The predicted molar refractivity (Wildman–Crippen MR) is 70.3 cm³/mol. The van der Waals surface area contributed by atoms with E-state index in [2.05, 4.69) is 0 Å². The zero-order chi connectivity index (χ0) is 16.9. The van der Waals surface area contributed by atoms with Crippen LogP contribution in [-0.2, 0) is 0 Å². The van der Waals surface area contributed by atoms with Crippen LogP contribution in [0.25, 0.3) is 10.8 Å². The van der Waals surface area contributed by atoms with Gasteiger partial charge in [0.25, 0.3) is 0 Å². The first-order chi connectivity index (χ1) is 10.8. The normalized spacial score (nSPS) is 10.8. The summed E-state index contributed by atoms with van der Waals surface area (Å²) in [6, 6.07) is 19.2. The van der Waals surface area contributed by atoms with Crippen LogP contribution < -0.4 is 23.2 Å². The number of hydrogen-bond acceptors (Lipinski definition) is 5. The summed E-state index contributed by atoms with van der Waals surface area (Å²) in [5, 5.41) is 2.19. The van der Waals surface area contributed by atoms with Crippen molar-refractivity contribution in [2.45, 2.75) is 0 Å². The summed E-state index contributed by atoms with van der Waals surface area (Å²) in [4.78, 5) is 12.3. The highest BCUT2D eigenvalue weighted by Gasteiger charge is 2.16. The van der Waals surface area contributed by atoms with Gasteiger partial charge in [-0.15, -0.1) is 14.8 Å². The molecule has 7 heteroatoms. The van der Waals surface area contributed by atoms with Crippen LogP contribution in [0.2, 0.25) is 0 Å². The molecule has 6 nitrogen and oxygen atoms in total. The van der Waals surface area contributed by atoms with Gasteiger partial charge in [0, 0.05) is 11.5 Å². The van der Waals surface area contributed by atoms with Crippen LogP contribution in [0, 0.1) is 10.2 Å². The van der Waals surface area contributed by atoms with E-state index in [1.807, 2.05) is 66.9 Å². The second-order valence-corrected chi connectivity index (χ2v) is 5.29. The number of carbonyl (C=O) groups excluding carboxylic acids is 1. The van der Waals surface area contributed by atoms with E-state index in [1.54, 1.807) is 10.8 Å². The van der Waals surface area contributed by atoms with E-state index in [0.29, 0.717) is 5.56 Å². The van der Waals surface area contributed by atoms with Gasteiger partial charge < -0.3 is 0 Å². The first kappa shape index (κ1) is 17.0. The largest absolute Gasteiger partial charge is 0.424 e. The van der Waals surface area contributed by atoms with Gasteiger partial charge in [-0.1, -0.05) is 36.4 Å². The van der Waals surface area contributed by atoms with Crippen molar-refractivity contribution in [1.29, 1.82) is 0 Å². The maximum absolute atomic E-state index is 12.3. The second kappa shape index (κ2) is 7.28. The van der Waals surface area contributed by atoms with E-state index >= 15 is 0 Å². The third kappa shape index (κ3) is 5.41. The Labute approximate surface area is 134 Å². The summed E-state index contributed by atoms with van der Waals surface area (Å²) in [6.07, 6.45) is 3.67. The van der Waals surface area contributed by atoms with E-state index in [9.17, 15) is 4.79 Å². The molecule has 23 heavy (non-hydrogen) atoms. The first-order valence-electron chi connectivity index (χ1n) is 6.46. The standard InChI is InChI=1S/C16H12NO.ClHO4/c18-16(14-7-2-1-3-8-14)17-11-10-13-6-4-5-9-15(13)12-17;2-1(3,4)5/h1-12H;(H,2,3,4,5)/q+1;/p-1. The Hall–Kier alpha value is -2.35. The molecular weight excluding hydrogens is 322 g/mol. The van der Waals surface area contributed by atoms with E-state index in [0.717, 1.165) is 10.8 Å². The monoisotopic (exact) mass is 333 g/mol. The summed E-state index contributed by atoms with van der Waals surface area (Å²) >= 11 is 0. The summed E-state index contributed by atoms with van der Waals surface area (Å²) in [5.74, 6) is -0.0126. The number of aromatic nitrogens is 1. The molecule has 0 bridgehead atoms. The third-order valence-electron chi connectivity index (χ3n) is 2.94. The molecule has 0 atom stereocenters. The summed E-state index contributed by atoms with van der Waals surface area (Å²) in [7, 11) is -4.94. The van der Waals surface area contributed by atoms with Crippen molar-refractivity contribution in [2.24, 2.45) is 0 Å². The number of halogens is 1. The van der Waals surface area contributed by atoms with Crippen molar-refractivity contribution in [3.63, 3.8) is 0 Å². The van der Waals surface area contributed by atoms with Gasteiger partial charge in [-0.05, 0) is 23.6 Å². The minimum Gasteiger partial charge on any atom is -0.222 e. The fraction of sp³-hybridized carbons (Fsp3) is 0. The molecule has 0 aliphatic rings. The first-order valence-corrected chi connectivity index (χ1v) is 7.69. The summed E-state index contributed by atoms with van der Waals surface area (Å²) in [5.41, 5.74) is 0.692. The van der Waals surface area contributed by atoms with E-state index in [-0.39, 0.29) is 5.91 Å². The maximum atomic E-state index is 12.3. The molecule has 0 amide bonds. The van der Waals surface area contributed by atoms with Crippen molar-refractivity contribution in [1.82, 2.24) is 0 Å². The molecule has 1 heterocycles. The van der Waals surface area contributed by atoms with Crippen molar-refractivity contribution in [3.8, 4) is 0 Å². The highest BCUT2D eigenvalue weighted by Crippen LogP contribution is 2.10. The molecule has 0 fully saturated rings. The van der Waals surface area contributed by atoms with Gasteiger partial charge in [0.2, 0.25) is 0 Å². The van der Waals surface area contributed by atoms with Gasteiger partial charge in [-0.25, -0.2) is 23.4 Å². The van der Waals surface area contributed by atoms with Crippen LogP contribution in [-0.4, -0.2) is 5.91 Å². The molecule has 0 aliphatic heterocycles. The molecule has 0 radical (unpaired) electrons. The van der Waals surface area contributed by atoms with Gasteiger partial charge in [0.15, 0.2) is 12.4 Å². The molecule has 0 saturated carbocycles. The van der Waals surface area contributed by atoms with Gasteiger partial charge in [-0.2, -0.15) is 0 Å². The zero-order valence-corrected chi connectivity index (χ0v) is 12.6.